The maximum absolute atomic E-state index is 11.8. The first kappa shape index (κ1) is 33.7. The summed E-state index contributed by atoms with van der Waals surface area (Å²) < 4.78 is 0. The molecule has 3 aromatic rings. The van der Waals surface area contributed by atoms with E-state index in [1.807, 2.05) is 18.5 Å². The Morgan fingerprint density at radius 2 is 1.10 bits per heavy atom. The van der Waals surface area contributed by atoms with Gasteiger partial charge >= 0.3 is 0 Å². The Labute approximate surface area is 294 Å². The summed E-state index contributed by atoms with van der Waals surface area (Å²) in [4.78, 5) is 15.1. The monoisotopic (exact) mass is 660 g/mol. The van der Waals surface area contributed by atoms with Crippen LogP contribution in [0.25, 0.3) is 0 Å². The van der Waals surface area contributed by atoms with Crippen molar-refractivity contribution in [1.82, 2.24) is 0 Å². The molecule has 0 fully saturated rings. The highest BCUT2D eigenvalue weighted by Crippen LogP contribution is 2.54. The molecule has 4 heterocycles. The van der Waals surface area contributed by atoms with Crippen molar-refractivity contribution >= 4 is 23.8 Å². The van der Waals surface area contributed by atoms with E-state index >= 15 is 0 Å². The second-order valence-corrected chi connectivity index (χ2v) is 17.8. The predicted octanol–water partition coefficient (Wildman–Crippen LogP) is 8.59. The van der Waals surface area contributed by atoms with Crippen LogP contribution in [0.15, 0.2) is 52.4 Å². The highest BCUT2D eigenvalue weighted by molar-refractivity contribution is 5.90. The SMILES string of the molecule is CC1(C)CCN2CCC(C)(C)c3c(O)c(C=NCC(Cc4ccccc4)N=Cc4cc5c6c(c4O)C(C)(C)CCN6CCC5(C)C)cc1c32. The van der Waals surface area contributed by atoms with E-state index in [9.17, 15) is 10.2 Å². The molecule has 260 valence electrons. The van der Waals surface area contributed by atoms with Gasteiger partial charge in [0.2, 0.25) is 0 Å². The lowest BCUT2D eigenvalue weighted by Gasteiger charge is -2.48. The molecule has 4 aliphatic heterocycles. The van der Waals surface area contributed by atoms with Crippen LogP contribution in [0, 0.1) is 0 Å². The maximum Gasteiger partial charge on any atom is 0.130 e. The molecule has 2 N–H and O–H groups in total. The predicted molar refractivity (Wildman–Crippen MR) is 205 cm³/mol. The van der Waals surface area contributed by atoms with Gasteiger partial charge in [0.15, 0.2) is 0 Å². The van der Waals surface area contributed by atoms with E-state index in [0.717, 1.165) is 80.5 Å². The molecule has 0 spiro atoms. The fourth-order valence-electron chi connectivity index (χ4n) is 8.89. The van der Waals surface area contributed by atoms with Crippen molar-refractivity contribution in [2.75, 3.05) is 42.5 Å². The summed E-state index contributed by atoms with van der Waals surface area (Å²) in [7, 11) is 0. The number of benzene rings is 3. The van der Waals surface area contributed by atoms with Crippen LogP contribution in [0.3, 0.4) is 0 Å². The molecule has 6 nitrogen and oxygen atoms in total. The molecule has 0 bridgehead atoms. The third-order valence-corrected chi connectivity index (χ3v) is 12.4. The molecule has 3 aromatic carbocycles. The second-order valence-electron chi connectivity index (χ2n) is 17.8. The molecule has 1 unspecified atom stereocenters. The van der Waals surface area contributed by atoms with Gasteiger partial charge in [0.25, 0.3) is 0 Å². The fraction of sp³-hybridized carbons (Fsp3) is 0.535. The highest BCUT2D eigenvalue weighted by Gasteiger charge is 2.43. The lowest BCUT2D eigenvalue weighted by molar-refractivity contribution is 0.377. The lowest BCUT2D eigenvalue weighted by Crippen LogP contribution is -2.44. The molecule has 0 radical (unpaired) electrons. The summed E-state index contributed by atoms with van der Waals surface area (Å²) in [5.74, 6) is 0.731. The number of anilines is 2. The first-order valence-corrected chi connectivity index (χ1v) is 18.5. The van der Waals surface area contributed by atoms with Crippen molar-refractivity contribution in [2.24, 2.45) is 9.98 Å². The highest BCUT2D eigenvalue weighted by atomic mass is 16.3. The second kappa shape index (κ2) is 11.9. The van der Waals surface area contributed by atoms with Crippen LogP contribution in [0.2, 0.25) is 0 Å². The first-order valence-electron chi connectivity index (χ1n) is 18.5. The third kappa shape index (κ3) is 5.93. The topological polar surface area (TPSA) is 71.7 Å². The minimum Gasteiger partial charge on any atom is -0.507 e. The van der Waals surface area contributed by atoms with E-state index in [4.69, 9.17) is 9.98 Å². The van der Waals surface area contributed by atoms with Crippen LogP contribution in [-0.4, -0.2) is 61.4 Å². The zero-order valence-corrected chi connectivity index (χ0v) is 31.0. The first-order chi connectivity index (χ1) is 23.1. The number of aliphatic imine (C=N–C) groups is 2. The van der Waals surface area contributed by atoms with Gasteiger partial charge in [0, 0.05) is 72.2 Å². The van der Waals surface area contributed by atoms with Crippen LogP contribution in [0.5, 0.6) is 11.5 Å². The third-order valence-electron chi connectivity index (χ3n) is 12.4. The molecule has 6 heteroatoms. The average molecular weight is 661 g/mol. The van der Waals surface area contributed by atoms with Crippen molar-refractivity contribution in [3.05, 3.63) is 81.4 Å². The maximum atomic E-state index is 11.8. The molecule has 4 aliphatic rings. The summed E-state index contributed by atoms with van der Waals surface area (Å²) >= 11 is 0. The molecule has 1 atom stereocenters. The van der Waals surface area contributed by atoms with Crippen molar-refractivity contribution in [1.29, 1.82) is 0 Å². The minimum atomic E-state index is -0.135. The number of phenolic OH excluding ortho intramolecular Hbond substituents is 2. The Morgan fingerprint density at radius 3 is 1.59 bits per heavy atom. The number of phenols is 2. The van der Waals surface area contributed by atoms with Gasteiger partial charge in [-0.05, 0) is 82.6 Å². The molecule has 0 saturated heterocycles. The van der Waals surface area contributed by atoms with Gasteiger partial charge in [-0.2, -0.15) is 0 Å². The van der Waals surface area contributed by atoms with E-state index in [0.29, 0.717) is 18.0 Å². The van der Waals surface area contributed by atoms with Gasteiger partial charge in [-0.1, -0.05) is 85.7 Å². The quantitative estimate of drug-likeness (QED) is 0.249. The van der Waals surface area contributed by atoms with Gasteiger partial charge < -0.3 is 20.0 Å². The molecule has 0 aromatic heterocycles. The zero-order chi connectivity index (χ0) is 34.9. The summed E-state index contributed by atoms with van der Waals surface area (Å²) in [6.07, 6.45) is 8.73. The standard InChI is InChI=1S/C43H56N4O2/c1-40(2)14-18-46-20-16-42(5,6)34-36(46)32(40)23-29(38(34)48)25-44-27-31(22-28-12-10-9-11-13-28)45-26-30-24-33-37-35(39(30)49)43(7,8)17-21-47(37)19-15-41(33,3)4/h9-13,23-26,31,48-49H,14-22,27H2,1-8H3. The van der Waals surface area contributed by atoms with Gasteiger partial charge in [-0.25, -0.2) is 0 Å². The van der Waals surface area contributed by atoms with Gasteiger partial charge in [0.05, 0.1) is 12.6 Å². The fourth-order valence-corrected chi connectivity index (χ4v) is 8.89. The van der Waals surface area contributed by atoms with E-state index < -0.39 is 0 Å². The average Bonchev–Trinajstić information content (AvgIpc) is 3.03. The van der Waals surface area contributed by atoms with Crippen LogP contribution in [0.1, 0.15) is 120 Å². The summed E-state index contributed by atoms with van der Waals surface area (Å²) in [5.41, 5.74) is 9.86. The molecule has 0 aliphatic carbocycles. The van der Waals surface area contributed by atoms with Crippen LogP contribution in [0.4, 0.5) is 11.4 Å². The largest absolute Gasteiger partial charge is 0.507 e. The normalized spacial score (nSPS) is 21.9. The molecular formula is C43H56N4O2. The van der Waals surface area contributed by atoms with E-state index in [1.165, 1.54) is 28.1 Å². The number of nitrogens with zero attached hydrogens (tertiary/aromatic N) is 4. The summed E-state index contributed by atoms with van der Waals surface area (Å²) in [6.45, 7) is 23.0. The Bertz CT molecular complexity index is 1810. The Hall–Kier alpha value is -3.80. The Balaban J connectivity index is 1.25. The number of hydrogen-bond acceptors (Lipinski definition) is 6. The lowest BCUT2D eigenvalue weighted by atomic mass is 9.69. The number of rotatable bonds is 7. The molecule has 49 heavy (non-hydrogen) atoms. The van der Waals surface area contributed by atoms with Crippen molar-refractivity contribution < 1.29 is 10.2 Å². The summed E-state index contributed by atoms with van der Waals surface area (Å²) in [5, 5.41) is 23.6. The van der Waals surface area contributed by atoms with E-state index in [-0.39, 0.29) is 27.7 Å². The van der Waals surface area contributed by atoms with Crippen LogP contribution < -0.4 is 9.80 Å². The van der Waals surface area contributed by atoms with Crippen LogP contribution in [-0.2, 0) is 28.1 Å². The van der Waals surface area contributed by atoms with Gasteiger partial charge in [-0.3, -0.25) is 9.98 Å². The van der Waals surface area contributed by atoms with Crippen molar-refractivity contribution in [3.8, 4) is 11.5 Å². The number of hydrogen-bond donors (Lipinski definition) is 2. The molecule has 7 rings (SSSR count). The van der Waals surface area contributed by atoms with Gasteiger partial charge in [-0.15, -0.1) is 0 Å². The van der Waals surface area contributed by atoms with E-state index in [2.05, 4.69) is 102 Å². The smallest absolute Gasteiger partial charge is 0.130 e. The van der Waals surface area contributed by atoms with Crippen molar-refractivity contribution in [3.63, 3.8) is 0 Å². The summed E-state index contributed by atoms with van der Waals surface area (Å²) in [6, 6.07) is 14.7. The zero-order valence-electron chi connectivity index (χ0n) is 31.0. The Kier molecular flexibility index (Phi) is 8.19. The molecule has 0 saturated carbocycles. The Morgan fingerprint density at radius 1 is 0.653 bits per heavy atom. The van der Waals surface area contributed by atoms with Gasteiger partial charge in [0.1, 0.15) is 11.5 Å². The van der Waals surface area contributed by atoms with Crippen LogP contribution >= 0.6 is 0 Å². The molecule has 0 amide bonds. The van der Waals surface area contributed by atoms with Crippen molar-refractivity contribution in [2.45, 2.75) is 115 Å². The number of aromatic hydroxyl groups is 2. The van der Waals surface area contributed by atoms with E-state index in [1.54, 1.807) is 0 Å². The molecular weight excluding hydrogens is 604 g/mol. The minimum absolute atomic E-state index is 0.0222.